The highest BCUT2D eigenvalue weighted by atomic mass is 35.5. The number of ether oxygens (including phenoxy) is 1. The van der Waals surface area contributed by atoms with Gasteiger partial charge in [0.1, 0.15) is 18.6 Å². The van der Waals surface area contributed by atoms with Crippen LogP contribution in [0.15, 0.2) is 57.7 Å². The average molecular weight is 828 g/mol. The number of benzene rings is 1. The fourth-order valence-electron chi connectivity index (χ4n) is 4.84. The molecule has 320 valence electrons. The van der Waals surface area contributed by atoms with Crippen molar-refractivity contribution in [3.63, 3.8) is 0 Å². The number of hydrogen-bond donors (Lipinski definition) is 4. The summed E-state index contributed by atoms with van der Waals surface area (Å²) in [6.45, 7) is 18.1. The highest BCUT2D eigenvalue weighted by molar-refractivity contribution is 6.33. The van der Waals surface area contributed by atoms with Gasteiger partial charge in [0, 0.05) is 32.9 Å². The zero-order valence-corrected chi connectivity index (χ0v) is 35.4. The molecule has 1 saturated heterocycles. The van der Waals surface area contributed by atoms with Gasteiger partial charge in [-0.3, -0.25) is 19.4 Å². The molecule has 57 heavy (non-hydrogen) atoms. The predicted octanol–water partition coefficient (Wildman–Crippen LogP) is 7.03. The lowest BCUT2D eigenvalue weighted by atomic mass is 10.1. The number of nitrogens with two attached hydrogens (primary N) is 1. The number of hydrogen-bond acceptors (Lipinski definition) is 12. The number of aryl methyl sites for hydroxylation is 1. The second-order valence-electron chi connectivity index (χ2n) is 11.1. The molecule has 0 atom stereocenters. The summed E-state index contributed by atoms with van der Waals surface area (Å²) >= 11 is 5.83. The predicted molar refractivity (Wildman–Crippen MR) is 223 cm³/mol. The average Bonchev–Trinajstić information content (AvgIpc) is 3.23. The van der Waals surface area contributed by atoms with Crippen molar-refractivity contribution in [2.24, 2.45) is 15.8 Å². The number of piperidine rings is 1. The van der Waals surface area contributed by atoms with E-state index in [1.54, 1.807) is 14.0 Å². The summed E-state index contributed by atoms with van der Waals surface area (Å²) in [7, 11) is 4.95. The second-order valence-corrected chi connectivity index (χ2v) is 11.5. The van der Waals surface area contributed by atoms with Crippen LogP contribution in [-0.2, 0) is 20.5 Å². The maximum atomic E-state index is 12.6. The fourth-order valence-corrected chi connectivity index (χ4v) is 5.07. The number of halogens is 4. The van der Waals surface area contributed by atoms with Crippen LogP contribution < -0.4 is 16.4 Å². The quantitative estimate of drug-likeness (QED) is 0.0633. The number of nitrogens with one attached hydrogen (secondary N) is 2. The third-order valence-corrected chi connectivity index (χ3v) is 7.84. The first-order valence-corrected chi connectivity index (χ1v) is 19.0. The van der Waals surface area contributed by atoms with E-state index in [0.717, 1.165) is 61.0 Å². The molecule has 5 N–H and O–H groups in total. The van der Waals surface area contributed by atoms with E-state index in [9.17, 15) is 27.6 Å². The Bertz CT molecular complexity index is 1590. The number of rotatable bonds is 10. The number of likely N-dealkylation sites (N-methyl/N-ethyl adjacent to an activating group) is 1. The molecule has 0 radical (unpaired) electrons. The molecule has 1 amide bonds. The van der Waals surface area contributed by atoms with Gasteiger partial charge in [-0.15, -0.1) is 0 Å². The second kappa shape index (κ2) is 31.2. The van der Waals surface area contributed by atoms with Crippen LogP contribution in [0.4, 0.5) is 18.9 Å². The number of aromatic nitrogens is 2. The van der Waals surface area contributed by atoms with E-state index in [1.165, 1.54) is 37.6 Å². The van der Waals surface area contributed by atoms with Crippen molar-refractivity contribution < 1.29 is 37.4 Å². The van der Waals surface area contributed by atoms with Crippen molar-refractivity contribution in [1.82, 2.24) is 25.2 Å². The molecule has 0 spiro atoms. The molecule has 2 aliphatic rings. The van der Waals surface area contributed by atoms with E-state index >= 15 is 0 Å². The van der Waals surface area contributed by atoms with Crippen molar-refractivity contribution >= 4 is 48.3 Å². The fraction of sp³-hybridized carbons (Fsp3) is 0.513. The number of carbonyl (C=O) groups excluding carboxylic acids is 3. The van der Waals surface area contributed by atoms with Gasteiger partial charge in [0.2, 0.25) is 5.91 Å². The minimum Gasteiger partial charge on any atom is -0.504 e. The number of aldehydes is 2. The van der Waals surface area contributed by atoms with Crippen LogP contribution in [0.2, 0.25) is 5.02 Å². The minimum atomic E-state index is -4.51. The summed E-state index contributed by atoms with van der Waals surface area (Å²) in [6.07, 6.45) is 5.28. The Morgan fingerprint density at radius 1 is 1.14 bits per heavy atom. The van der Waals surface area contributed by atoms with Crippen LogP contribution in [-0.4, -0.2) is 110 Å². The first-order valence-electron chi connectivity index (χ1n) is 18.6. The number of carbonyl (C=O) groups is 3. The van der Waals surface area contributed by atoms with Crippen LogP contribution in [0.3, 0.4) is 0 Å². The van der Waals surface area contributed by atoms with Crippen molar-refractivity contribution in [3.8, 4) is 5.75 Å². The number of hydrazone groups is 1. The highest BCUT2D eigenvalue weighted by Gasteiger charge is 2.31. The first kappa shape index (κ1) is 54.2. The number of allylic oxidation sites excluding steroid dienone is 2. The maximum absolute atomic E-state index is 12.6. The highest BCUT2D eigenvalue weighted by Crippen LogP contribution is 2.33. The number of aromatic hydroxyl groups is 1. The van der Waals surface area contributed by atoms with Crippen LogP contribution in [0, 0.1) is 6.92 Å². The zero-order chi connectivity index (χ0) is 44.0. The largest absolute Gasteiger partial charge is 0.504 e. The number of alkyl halides is 3. The van der Waals surface area contributed by atoms with E-state index in [0.29, 0.717) is 37.5 Å². The summed E-state index contributed by atoms with van der Waals surface area (Å²) in [5, 5.41) is 20.0. The van der Waals surface area contributed by atoms with Crippen molar-refractivity contribution in [2.45, 2.75) is 79.8 Å². The first-order chi connectivity index (χ1) is 27.3. The Balaban J connectivity index is 0. The number of anilines is 1. The molecule has 1 aromatic heterocycles. The molecule has 0 bridgehead atoms. The summed E-state index contributed by atoms with van der Waals surface area (Å²) in [4.78, 5) is 46.5. The van der Waals surface area contributed by atoms with E-state index in [4.69, 9.17) is 21.4 Å². The SMILES string of the molecule is C=N/C(=N\N(C)CC(=O)Nc1ccc(C(F)(F)F)cc1Cl)C1=CCOCC1.CC.CC.CC/C(NC)=C(/C=O)N1CCCCC1.CN.Cc1ncnc(C=O)c1O. The Labute approximate surface area is 340 Å². The lowest BCUT2D eigenvalue weighted by Crippen LogP contribution is -2.32. The number of aliphatic imine (C=N–C) groups is 1. The van der Waals surface area contributed by atoms with Gasteiger partial charge in [-0.05, 0) is 76.6 Å². The third kappa shape index (κ3) is 20.2. The molecule has 0 saturated carbocycles. The third-order valence-electron chi connectivity index (χ3n) is 7.53. The van der Waals surface area contributed by atoms with E-state index in [2.05, 4.69) is 55.0 Å². The maximum Gasteiger partial charge on any atom is 0.416 e. The van der Waals surface area contributed by atoms with Crippen LogP contribution >= 0.6 is 11.6 Å². The van der Waals surface area contributed by atoms with E-state index in [-0.39, 0.29) is 28.7 Å². The van der Waals surface area contributed by atoms with Crippen LogP contribution in [0.5, 0.6) is 5.75 Å². The van der Waals surface area contributed by atoms with Gasteiger partial charge in [0.15, 0.2) is 24.2 Å². The lowest BCUT2D eigenvalue weighted by molar-refractivity contribution is -0.137. The minimum absolute atomic E-state index is 0.0347. The molecule has 0 unspecified atom stereocenters. The summed E-state index contributed by atoms with van der Waals surface area (Å²) in [5.41, 5.74) is 6.93. The summed E-state index contributed by atoms with van der Waals surface area (Å²) in [5.74, 6) is -0.244. The summed E-state index contributed by atoms with van der Waals surface area (Å²) < 4.78 is 43.2. The number of likely N-dealkylation sites (tertiary alicyclic amines) is 1. The van der Waals surface area contributed by atoms with Gasteiger partial charge in [0.05, 0.1) is 40.9 Å². The summed E-state index contributed by atoms with van der Waals surface area (Å²) in [6, 6.07) is 2.72. The smallest absolute Gasteiger partial charge is 0.416 e. The Morgan fingerprint density at radius 2 is 1.77 bits per heavy atom. The zero-order valence-electron chi connectivity index (χ0n) is 34.7. The van der Waals surface area contributed by atoms with E-state index in [1.807, 2.05) is 40.8 Å². The van der Waals surface area contributed by atoms with Gasteiger partial charge in [-0.1, -0.05) is 52.3 Å². The molecular weight excluding hydrogens is 767 g/mol. The van der Waals surface area contributed by atoms with Crippen molar-refractivity contribution in [1.29, 1.82) is 0 Å². The molecule has 14 nitrogen and oxygen atoms in total. The van der Waals surface area contributed by atoms with Crippen molar-refractivity contribution in [3.05, 3.63) is 69.5 Å². The molecular formula is C39H61ClF3N9O5. The van der Waals surface area contributed by atoms with Gasteiger partial charge in [0.25, 0.3) is 0 Å². The number of nitrogens with zero attached hydrogens (tertiary/aromatic N) is 6. The molecule has 2 aromatic rings. The molecule has 4 rings (SSSR count). The topological polar surface area (TPSA) is 188 Å². The normalized spacial score (nSPS) is 13.8. The van der Waals surface area contributed by atoms with Gasteiger partial charge >= 0.3 is 6.18 Å². The molecule has 0 aliphatic carbocycles. The van der Waals surface area contributed by atoms with Gasteiger partial charge in [-0.25, -0.2) is 15.0 Å². The van der Waals surface area contributed by atoms with Gasteiger partial charge in [-0.2, -0.15) is 18.3 Å². The van der Waals surface area contributed by atoms with Crippen LogP contribution in [0.25, 0.3) is 0 Å². The monoisotopic (exact) mass is 827 g/mol. The molecule has 1 fully saturated rings. The Hall–Kier alpha value is -4.87. The molecule has 2 aliphatic heterocycles. The van der Waals surface area contributed by atoms with E-state index < -0.39 is 17.6 Å². The molecule has 1 aromatic carbocycles. The number of amidine groups is 1. The molecule has 18 heteroatoms. The van der Waals surface area contributed by atoms with Crippen molar-refractivity contribution in [2.75, 3.05) is 59.3 Å². The van der Waals surface area contributed by atoms with Crippen LogP contribution in [0.1, 0.15) is 88.5 Å². The Kier molecular flexibility index (Phi) is 29.7. The van der Waals surface area contributed by atoms with Gasteiger partial charge < -0.3 is 31.1 Å². The molecule has 3 heterocycles. The Morgan fingerprint density at radius 3 is 2.23 bits per heavy atom. The number of amides is 1. The lowest BCUT2D eigenvalue weighted by Gasteiger charge is -2.30. The standard InChI is InChI=1S/C17H18ClF3N4O2.C11H20N2O.C6H6N2O2.2C2H6.CH5N/c1-22-16(11-5-7-27-8-6-11)24-25(2)10-15(26)23-14-4-3-12(9-13(14)18)17(19,20)21;1-3-10(12-2)11(9-14)13-7-5-4-6-8-13;1-4-6(10)5(2-9)8-3-7-4;3*1-2/h3-5,9H,1,6-8,10H2,2H3,(H,23,26);9,12H,3-8H2,1-2H3;2-3,10H,1H3;2*1-2H3;2H2,1H3/b24-16-;11-10+;;;;.